The molecule has 0 unspecified atom stereocenters. The molecule has 0 amide bonds. The van der Waals surface area contributed by atoms with Crippen LogP contribution < -0.4 is 9.64 Å². The standard InChI is InChI=1S/C20H23BrFN5O/c1-3-20(22)8-10-26(11-9-20)16-12-23-17-18(21)25-27(19(17)24-16)13-14-4-6-15(28-2)7-5-14/h4-7,12H,3,8-11,13H2,1-2H3. The Kier molecular flexibility index (Phi) is 5.23. The summed E-state index contributed by atoms with van der Waals surface area (Å²) in [5, 5.41) is 4.55. The molecule has 28 heavy (non-hydrogen) atoms. The van der Waals surface area contributed by atoms with Crippen molar-refractivity contribution in [2.24, 2.45) is 0 Å². The van der Waals surface area contributed by atoms with Gasteiger partial charge in [-0.2, -0.15) is 5.10 Å². The molecule has 0 bridgehead atoms. The van der Waals surface area contributed by atoms with Crippen LogP contribution >= 0.6 is 15.9 Å². The molecule has 8 heteroatoms. The molecular weight excluding hydrogens is 425 g/mol. The van der Waals surface area contributed by atoms with E-state index in [1.54, 1.807) is 13.3 Å². The topological polar surface area (TPSA) is 56.1 Å². The molecule has 148 valence electrons. The zero-order chi connectivity index (χ0) is 19.7. The summed E-state index contributed by atoms with van der Waals surface area (Å²) in [5.41, 5.74) is 1.48. The largest absolute Gasteiger partial charge is 0.497 e. The summed E-state index contributed by atoms with van der Waals surface area (Å²) in [6, 6.07) is 7.87. The highest BCUT2D eigenvalue weighted by atomic mass is 79.9. The lowest BCUT2D eigenvalue weighted by molar-refractivity contribution is 0.120. The van der Waals surface area contributed by atoms with Crippen molar-refractivity contribution in [3.05, 3.63) is 40.6 Å². The van der Waals surface area contributed by atoms with Gasteiger partial charge in [-0.1, -0.05) is 19.1 Å². The molecule has 0 atom stereocenters. The van der Waals surface area contributed by atoms with E-state index in [2.05, 4.69) is 30.9 Å². The molecule has 0 N–H and O–H groups in total. The fraction of sp³-hybridized carbons (Fsp3) is 0.450. The Hall–Kier alpha value is -2.22. The van der Waals surface area contributed by atoms with Gasteiger partial charge in [0.15, 0.2) is 10.3 Å². The first kappa shape index (κ1) is 19.1. The number of nitrogens with zero attached hydrogens (tertiary/aromatic N) is 5. The zero-order valence-corrected chi connectivity index (χ0v) is 17.6. The van der Waals surface area contributed by atoms with Crippen LogP contribution in [0, 0.1) is 0 Å². The number of methoxy groups -OCH3 is 1. The normalized spacial score (nSPS) is 16.5. The van der Waals surface area contributed by atoms with Gasteiger partial charge in [0.05, 0.1) is 19.9 Å². The number of ether oxygens (including phenoxy) is 1. The van der Waals surface area contributed by atoms with Crippen molar-refractivity contribution in [2.45, 2.75) is 38.4 Å². The minimum absolute atomic E-state index is 0.526. The fourth-order valence-corrected chi connectivity index (χ4v) is 4.02. The van der Waals surface area contributed by atoms with Gasteiger partial charge < -0.3 is 9.64 Å². The molecule has 3 heterocycles. The molecular formula is C20H23BrFN5O. The van der Waals surface area contributed by atoms with E-state index in [-0.39, 0.29) is 0 Å². The van der Waals surface area contributed by atoms with Gasteiger partial charge in [0, 0.05) is 13.1 Å². The number of rotatable bonds is 5. The predicted octanol–water partition coefficient (Wildman–Crippen LogP) is 4.36. The third-order valence-electron chi connectivity index (χ3n) is 5.50. The molecule has 2 aromatic heterocycles. The minimum atomic E-state index is -1.05. The van der Waals surface area contributed by atoms with E-state index in [4.69, 9.17) is 9.72 Å². The molecule has 4 rings (SSSR count). The summed E-state index contributed by atoms with van der Waals surface area (Å²) < 4.78 is 22.2. The number of fused-ring (bicyclic) bond motifs is 1. The number of benzene rings is 1. The van der Waals surface area contributed by atoms with Gasteiger partial charge in [0.25, 0.3) is 0 Å². The maximum atomic E-state index is 14.5. The van der Waals surface area contributed by atoms with Crippen LogP contribution in [0.2, 0.25) is 0 Å². The SMILES string of the molecule is CCC1(F)CCN(c2cnc3c(Br)nn(Cc4ccc(OC)cc4)c3n2)CC1. The summed E-state index contributed by atoms with van der Waals surface area (Å²) in [6.07, 6.45) is 3.37. The van der Waals surface area contributed by atoms with Crippen molar-refractivity contribution in [2.75, 3.05) is 25.1 Å². The summed E-state index contributed by atoms with van der Waals surface area (Å²) >= 11 is 3.48. The first-order valence-corrected chi connectivity index (χ1v) is 10.3. The van der Waals surface area contributed by atoms with Gasteiger partial charge in [-0.15, -0.1) is 0 Å². The summed E-state index contributed by atoms with van der Waals surface area (Å²) in [7, 11) is 1.65. The molecule has 0 radical (unpaired) electrons. The average molecular weight is 448 g/mol. The molecule has 0 aliphatic carbocycles. The summed E-state index contributed by atoms with van der Waals surface area (Å²) in [6.45, 7) is 3.79. The molecule has 1 aliphatic rings. The van der Waals surface area contributed by atoms with Crippen molar-refractivity contribution >= 4 is 32.9 Å². The van der Waals surface area contributed by atoms with Crippen LogP contribution in [-0.2, 0) is 6.54 Å². The molecule has 1 saturated heterocycles. The van der Waals surface area contributed by atoms with E-state index in [0.29, 0.717) is 49.1 Å². The van der Waals surface area contributed by atoms with E-state index in [9.17, 15) is 4.39 Å². The van der Waals surface area contributed by atoms with E-state index in [0.717, 1.165) is 22.6 Å². The quantitative estimate of drug-likeness (QED) is 0.581. The number of alkyl halides is 1. The first-order chi connectivity index (χ1) is 13.5. The number of anilines is 1. The van der Waals surface area contributed by atoms with Crippen LogP contribution in [0.4, 0.5) is 10.2 Å². The lowest BCUT2D eigenvalue weighted by atomic mass is 9.91. The fourth-order valence-electron chi connectivity index (χ4n) is 3.55. The number of piperidine rings is 1. The maximum absolute atomic E-state index is 14.5. The van der Waals surface area contributed by atoms with Crippen molar-refractivity contribution in [3.8, 4) is 5.75 Å². The van der Waals surface area contributed by atoms with E-state index in [1.165, 1.54) is 0 Å². The number of halogens is 2. The van der Waals surface area contributed by atoms with Crippen molar-refractivity contribution < 1.29 is 9.13 Å². The third kappa shape index (κ3) is 3.70. The molecule has 6 nitrogen and oxygen atoms in total. The second-order valence-corrected chi connectivity index (χ2v) is 7.94. The molecule has 0 spiro atoms. The maximum Gasteiger partial charge on any atom is 0.180 e. The van der Waals surface area contributed by atoms with Crippen molar-refractivity contribution in [1.29, 1.82) is 0 Å². The van der Waals surface area contributed by atoms with Crippen molar-refractivity contribution in [3.63, 3.8) is 0 Å². The van der Waals surface area contributed by atoms with E-state index < -0.39 is 5.67 Å². The average Bonchev–Trinajstić information content (AvgIpc) is 3.04. The number of hydrogen-bond donors (Lipinski definition) is 0. The van der Waals surface area contributed by atoms with E-state index >= 15 is 0 Å². The lowest BCUT2D eigenvalue weighted by Crippen LogP contribution is -2.41. The van der Waals surface area contributed by atoms with Crippen LogP contribution in [0.25, 0.3) is 11.2 Å². The molecule has 1 aliphatic heterocycles. The van der Waals surface area contributed by atoms with E-state index in [1.807, 2.05) is 35.9 Å². The summed E-state index contributed by atoms with van der Waals surface area (Å²) in [4.78, 5) is 11.5. The van der Waals surface area contributed by atoms with Crippen LogP contribution in [-0.4, -0.2) is 45.6 Å². The Morgan fingerprint density at radius 2 is 1.93 bits per heavy atom. The Labute approximate surface area is 171 Å². The van der Waals surface area contributed by atoms with Crippen LogP contribution in [0.5, 0.6) is 5.75 Å². The van der Waals surface area contributed by atoms with Crippen LogP contribution in [0.3, 0.4) is 0 Å². The van der Waals surface area contributed by atoms with Gasteiger partial charge in [0.1, 0.15) is 22.8 Å². The first-order valence-electron chi connectivity index (χ1n) is 9.47. The Morgan fingerprint density at radius 1 is 1.21 bits per heavy atom. The second kappa shape index (κ2) is 7.66. The van der Waals surface area contributed by atoms with Gasteiger partial charge >= 0.3 is 0 Å². The van der Waals surface area contributed by atoms with Gasteiger partial charge in [-0.25, -0.2) is 19.0 Å². The Bertz CT molecular complexity index is 967. The predicted molar refractivity (Wildman–Crippen MR) is 111 cm³/mol. The molecule has 1 aromatic carbocycles. The number of hydrogen-bond acceptors (Lipinski definition) is 5. The zero-order valence-electron chi connectivity index (χ0n) is 16.0. The van der Waals surface area contributed by atoms with Gasteiger partial charge in [-0.05, 0) is 52.9 Å². The van der Waals surface area contributed by atoms with Crippen LogP contribution in [0.1, 0.15) is 31.7 Å². The highest BCUT2D eigenvalue weighted by Crippen LogP contribution is 2.32. The van der Waals surface area contributed by atoms with Crippen molar-refractivity contribution in [1.82, 2.24) is 19.7 Å². The highest BCUT2D eigenvalue weighted by Gasteiger charge is 2.33. The lowest BCUT2D eigenvalue weighted by Gasteiger charge is -2.36. The van der Waals surface area contributed by atoms with Gasteiger partial charge in [0.2, 0.25) is 0 Å². The summed E-state index contributed by atoms with van der Waals surface area (Å²) in [5.74, 6) is 1.59. The molecule has 1 fully saturated rings. The second-order valence-electron chi connectivity index (χ2n) is 7.19. The van der Waals surface area contributed by atoms with Crippen LogP contribution in [0.15, 0.2) is 35.1 Å². The highest BCUT2D eigenvalue weighted by molar-refractivity contribution is 9.10. The smallest absolute Gasteiger partial charge is 0.180 e. The third-order valence-corrected chi connectivity index (χ3v) is 6.03. The Morgan fingerprint density at radius 3 is 2.57 bits per heavy atom. The van der Waals surface area contributed by atoms with Gasteiger partial charge in [-0.3, -0.25) is 0 Å². The number of aromatic nitrogens is 4. The Balaban J connectivity index is 1.60. The minimum Gasteiger partial charge on any atom is -0.497 e. The molecule has 0 saturated carbocycles. The monoisotopic (exact) mass is 447 g/mol. The molecule has 3 aromatic rings.